The Morgan fingerprint density at radius 2 is 1.97 bits per heavy atom. The lowest BCUT2D eigenvalue weighted by atomic mass is 10.1. The number of ether oxygens (including phenoxy) is 1. The molecule has 0 bridgehead atoms. The van der Waals surface area contributed by atoms with E-state index in [9.17, 15) is 5.11 Å². The highest BCUT2D eigenvalue weighted by atomic mass is 16.5. The monoisotopic (exact) mass is 514 g/mol. The van der Waals surface area contributed by atoms with Gasteiger partial charge in [-0.1, -0.05) is 18.1 Å². The van der Waals surface area contributed by atoms with Gasteiger partial charge in [-0.2, -0.15) is 0 Å². The van der Waals surface area contributed by atoms with E-state index in [-0.39, 0.29) is 11.8 Å². The number of benzene rings is 1. The molecular weight excluding hydrogens is 480 g/mol. The van der Waals surface area contributed by atoms with Gasteiger partial charge in [-0.15, -0.1) is 10.2 Å². The Bertz CT molecular complexity index is 1320. The summed E-state index contributed by atoms with van der Waals surface area (Å²) in [5.41, 5.74) is 8.29. The van der Waals surface area contributed by atoms with Crippen LogP contribution in [-0.2, 0) is 4.74 Å². The average Bonchev–Trinajstić information content (AvgIpc) is 3.31. The number of hydrogen-bond acceptors (Lipinski definition) is 10. The molecule has 0 radical (unpaired) electrons. The molecule has 10 heteroatoms. The van der Waals surface area contributed by atoms with Crippen LogP contribution >= 0.6 is 0 Å². The number of nitrogens with zero attached hydrogens (tertiary/aromatic N) is 7. The molecule has 2 atom stereocenters. The van der Waals surface area contributed by atoms with Crippen molar-refractivity contribution >= 4 is 17.3 Å². The number of aromatic hydroxyl groups is 1. The van der Waals surface area contributed by atoms with Crippen molar-refractivity contribution in [3.8, 4) is 28.8 Å². The number of rotatable bonds is 5. The van der Waals surface area contributed by atoms with E-state index in [0.29, 0.717) is 35.5 Å². The predicted molar refractivity (Wildman–Crippen MR) is 148 cm³/mol. The second-order valence-corrected chi connectivity index (χ2v) is 9.76. The maximum Gasteiger partial charge on any atom is 0.206 e. The fourth-order valence-electron chi connectivity index (χ4n) is 5.04. The molecule has 2 saturated heterocycles. The molecule has 198 valence electrons. The van der Waals surface area contributed by atoms with Gasteiger partial charge in [0.05, 0.1) is 24.0 Å². The Balaban J connectivity index is 1.28. The Labute approximate surface area is 223 Å². The molecule has 0 unspecified atom stereocenters. The quantitative estimate of drug-likeness (QED) is 0.492. The molecule has 4 heterocycles. The Kier molecular flexibility index (Phi) is 7.86. The van der Waals surface area contributed by atoms with Crippen molar-refractivity contribution < 1.29 is 9.84 Å². The molecular formula is C28H34N8O2. The number of aromatic nitrogens is 4. The highest BCUT2D eigenvalue weighted by Gasteiger charge is 2.25. The van der Waals surface area contributed by atoms with Gasteiger partial charge < -0.3 is 25.4 Å². The Morgan fingerprint density at radius 1 is 1.11 bits per heavy atom. The summed E-state index contributed by atoms with van der Waals surface area (Å²) in [6.45, 7) is 7.11. The van der Waals surface area contributed by atoms with Crippen LogP contribution in [0.4, 0.5) is 17.3 Å². The lowest BCUT2D eigenvalue weighted by Crippen LogP contribution is -2.35. The summed E-state index contributed by atoms with van der Waals surface area (Å²) in [5, 5.41) is 18.7. The van der Waals surface area contributed by atoms with E-state index in [4.69, 9.17) is 15.5 Å². The first-order chi connectivity index (χ1) is 18.5. The fraction of sp³-hybridized carbons (Fsp3) is 0.429. The largest absolute Gasteiger partial charge is 0.507 e. The van der Waals surface area contributed by atoms with Gasteiger partial charge in [0.2, 0.25) is 5.82 Å². The van der Waals surface area contributed by atoms with E-state index in [2.05, 4.69) is 48.6 Å². The van der Waals surface area contributed by atoms with Gasteiger partial charge in [0.15, 0.2) is 5.82 Å². The summed E-state index contributed by atoms with van der Waals surface area (Å²) in [5.74, 6) is 8.31. The molecule has 0 spiro atoms. The van der Waals surface area contributed by atoms with E-state index < -0.39 is 0 Å². The zero-order valence-corrected chi connectivity index (χ0v) is 21.9. The fourth-order valence-corrected chi connectivity index (χ4v) is 5.04. The third-order valence-corrected chi connectivity index (χ3v) is 7.28. The molecule has 2 aliphatic heterocycles. The van der Waals surface area contributed by atoms with Crippen LogP contribution in [0.1, 0.15) is 25.6 Å². The van der Waals surface area contributed by atoms with Crippen LogP contribution in [0.25, 0.3) is 11.3 Å². The van der Waals surface area contributed by atoms with Crippen LogP contribution in [0, 0.1) is 11.8 Å². The molecule has 38 heavy (non-hydrogen) atoms. The van der Waals surface area contributed by atoms with Gasteiger partial charge in [0, 0.05) is 57.6 Å². The molecule has 10 nitrogen and oxygen atoms in total. The minimum absolute atomic E-state index is 0.162. The lowest BCUT2D eigenvalue weighted by molar-refractivity contribution is 0.110. The first-order valence-corrected chi connectivity index (χ1v) is 13.0. The smallest absolute Gasteiger partial charge is 0.206 e. The van der Waals surface area contributed by atoms with Gasteiger partial charge in [-0.25, -0.2) is 9.97 Å². The van der Waals surface area contributed by atoms with Crippen LogP contribution in [0.15, 0.2) is 42.6 Å². The highest BCUT2D eigenvalue weighted by molar-refractivity contribution is 5.74. The van der Waals surface area contributed by atoms with Crippen molar-refractivity contribution in [3.05, 3.63) is 48.4 Å². The van der Waals surface area contributed by atoms with Gasteiger partial charge in [-0.3, -0.25) is 4.90 Å². The summed E-state index contributed by atoms with van der Waals surface area (Å²) in [6.07, 6.45) is 4.04. The lowest BCUT2D eigenvalue weighted by Gasteiger charge is -2.28. The maximum atomic E-state index is 10.3. The van der Waals surface area contributed by atoms with E-state index in [1.165, 1.54) is 0 Å². The first kappa shape index (κ1) is 25.7. The number of likely N-dealkylation sites (tertiary alicyclic amines) is 1. The third-order valence-electron chi connectivity index (χ3n) is 7.28. The zero-order chi connectivity index (χ0) is 26.5. The number of phenols is 1. The Hall–Kier alpha value is -3.94. The molecule has 2 aromatic heterocycles. The number of hydrogen-bond donors (Lipinski definition) is 2. The summed E-state index contributed by atoms with van der Waals surface area (Å²) in [6, 6.07) is 11.2. The molecule has 0 aliphatic carbocycles. The number of nitrogen functional groups attached to an aromatic ring is 1. The summed E-state index contributed by atoms with van der Waals surface area (Å²) in [4.78, 5) is 16.0. The number of anilines is 3. The van der Waals surface area contributed by atoms with Gasteiger partial charge >= 0.3 is 0 Å². The molecule has 2 fully saturated rings. The van der Waals surface area contributed by atoms with E-state index in [0.717, 1.165) is 57.1 Å². The number of nitrogens with two attached hydrogens (primary N) is 1. The van der Waals surface area contributed by atoms with Crippen molar-refractivity contribution in [3.63, 3.8) is 0 Å². The normalized spacial score (nSPS) is 20.2. The van der Waals surface area contributed by atoms with E-state index in [1.807, 2.05) is 24.3 Å². The molecule has 0 saturated carbocycles. The highest BCUT2D eigenvalue weighted by Crippen LogP contribution is 2.32. The molecule has 0 amide bonds. The van der Waals surface area contributed by atoms with Gasteiger partial charge in [0.1, 0.15) is 11.6 Å². The van der Waals surface area contributed by atoms with Crippen molar-refractivity contribution in [1.82, 2.24) is 25.1 Å². The van der Waals surface area contributed by atoms with Gasteiger partial charge in [0.25, 0.3) is 0 Å². The van der Waals surface area contributed by atoms with Crippen LogP contribution in [0.5, 0.6) is 5.75 Å². The summed E-state index contributed by atoms with van der Waals surface area (Å²) < 4.78 is 5.44. The molecule has 3 N–H and O–H groups in total. The van der Waals surface area contributed by atoms with Crippen molar-refractivity contribution in [2.24, 2.45) is 0 Å². The SMILES string of the molecule is CO[C@H]1CCN(CC#Cc2nccc(N3CCN(c4cc(-c5ccccc5O)nnc4N)CC[C@@H]3C)n2)C1. The molecule has 5 rings (SSSR count). The summed E-state index contributed by atoms with van der Waals surface area (Å²) >= 11 is 0. The topological polar surface area (TPSA) is 117 Å². The van der Waals surface area contributed by atoms with Crippen LogP contribution in [0.3, 0.4) is 0 Å². The molecule has 1 aromatic carbocycles. The van der Waals surface area contributed by atoms with Crippen molar-refractivity contribution in [1.29, 1.82) is 0 Å². The van der Waals surface area contributed by atoms with Crippen LogP contribution < -0.4 is 15.5 Å². The van der Waals surface area contributed by atoms with E-state index >= 15 is 0 Å². The number of methoxy groups -OCH3 is 1. The first-order valence-electron chi connectivity index (χ1n) is 13.0. The minimum Gasteiger partial charge on any atom is -0.507 e. The number of phenolic OH excluding ortho intramolecular Hbond substituents is 1. The molecule has 2 aliphatic rings. The number of para-hydroxylation sites is 1. The van der Waals surface area contributed by atoms with Crippen molar-refractivity contribution in [2.45, 2.75) is 31.9 Å². The average molecular weight is 515 g/mol. The second kappa shape index (κ2) is 11.6. The maximum absolute atomic E-state index is 10.3. The standard InChI is InChI=1S/C28H34N8O2/c1-20-10-15-35(24-18-23(32-33-28(24)29)22-6-3-4-7-25(22)37)16-17-36(20)27-9-12-30-26(31-27)8-5-13-34-14-11-21(19-34)38-2/h3-4,6-7,9,12,18,20-21,37H,10-11,13-17,19H2,1-2H3,(H2,29,33)/t20-,21-/m0/s1. The van der Waals surface area contributed by atoms with Crippen molar-refractivity contribution in [2.75, 3.05) is 61.9 Å². The minimum atomic E-state index is 0.162. The zero-order valence-electron chi connectivity index (χ0n) is 21.9. The summed E-state index contributed by atoms with van der Waals surface area (Å²) in [7, 11) is 1.76. The van der Waals surface area contributed by atoms with E-state index in [1.54, 1.807) is 25.4 Å². The van der Waals surface area contributed by atoms with Gasteiger partial charge in [-0.05, 0) is 50.0 Å². The van der Waals surface area contributed by atoms with Crippen LogP contribution in [-0.4, -0.2) is 88.7 Å². The molecule has 3 aromatic rings. The Morgan fingerprint density at radius 3 is 2.79 bits per heavy atom. The van der Waals surface area contributed by atoms with Crippen LogP contribution in [0.2, 0.25) is 0 Å². The second-order valence-electron chi connectivity index (χ2n) is 9.76. The predicted octanol–water partition coefficient (Wildman–Crippen LogP) is 2.40. The third kappa shape index (κ3) is 5.79.